The van der Waals surface area contributed by atoms with Crippen LogP contribution in [-0.2, 0) is 0 Å². The lowest BCUT2D eigenvalue weighted by atomic mass is 10.2. The summed E-state index contributed by atoms with van der Waals surface area (Å²) in [6.45, 7) is 0. The summed E-state index contributed by atoms with van der Waals surface area (Å²) in [5.41, 5.74) is 3.61. The Bertz CT molecular complexity index is 657. The molecule has 0 spiro atoms. The molecule has 102 valence electrons. The zero-order valence-electron chi connectivity index (χ0n) is 10.1. The van der Waals surface area contributed by atoms with Crippen LogP contribution >= 0.6 is 39.1 Å². The molecule has 1 amide bonds. The van der Waals surface area contributed by atoms with E-state index in [2.05, 4.69) is 26.5 Å². The highest BCUT2D eigenvalue weighted by atomic mass is 79.9. The van der Waals surface area contributed by atoms with Crippen molar-refractivity contribution in [1.29, 1.82) is 0 Å². The molecule has 0 saturated heterocycles. The van der Waals surface area contributed by atoms with Gasteiger partial charge in [0.2, 0.25) is 0 Å². The number of hydrogen-bond acceptors (Lipinski definition) is 2. The molecule has 0 aromatic heterocycles. The molecule has 20 heavy (non-hydrogen) atoms. The minimum atomic E-state index is -0.389. The van der Waals surface area contributed by atoms with Crippen LogP contribution in [0.25, 0.3) is 0 Å². The zero-order valence-corrected chi connectivity index (χ0v) is 13.2. The quantitative estimate of drug-likeness (QED) is 0.625. The van der Waals surface area contributed by atoms with E-state index in [9.17, 15) is 4.79 Å². The molecule has 1 N–H and O–H groups in total. The van der Waals surface area contributed by atoms with E-state index in [1.165, 1.54) is 6.07 Å². The highest BCUT2D eigenvalue weighted by Crippen LogP contribution is 2.20. The number of amides is 1. The van der Waals surface area contributed by atoms with E-state index in [0.717, 1.165) is 10.0 Å². The minimum absolute atomic E-state index is 0.286. The van der Waals surface area contributed by atoms with Crippen LogP contribution in [-0.4, -0.2) is 12.1 Å². The van der Waals surface area contributed by atoms with Crippen molar-refractivity contribution >= 4 is 51.3 Å². The summed E-state index contributed by atoms with van der Waals surface area (Å²) in [5, 5.41) is 4.64. The second-order valence-corrected chi connectivity index (χ2v) is 5.63. The normalized spacial score (nSPS) is 10.8. The molecule has 0 aliphatic rings. The number of rotatable bonds is 3. The lowest BCUT2D eigenvalue weighted by Gasteiger charge is -2.02. The third kappa shape index (κ3) is 4.07. The number of halogens is 3. The average Bonchev–Trinajstić information content (AvgIpc) is 2.41. The van der Waals surface area contributed by atoms with Gasteiger partial charge in [-0.15, -0.1) is 0 Å². The second kappa shape index (κ2) is 6.88. The van der Waals surface area contributed by atoms with E-state index in [1.807, 2.05) is 24.3 Å². The molecular weight excluding hydrogens is 363 g/mol. The van der Waals surface area contributed by atoms with Crippen LogP contribution in [0.1, 0.15) is 15.9 Å². The number of nitrogens with zero attached hydrogens (tertiary/aromatic N) is 1. The summed E-state index contributed by atoms with van der Waals surface area (Å²) in [6, 6.07) is 12.2. The number of hydrazone groups is 1. The van der Waals surface area contributed by atoms with E-state index in [-0.39, 0.29) is 10.9 Å². The first-order valence-electron chi connectivity index (χ1n) is 5.60. The summed E-state index contributed by atoms with van der Waals surface area (Å²) in [5.74, 6) is -0.389. The molecule has 2 rings (SSSR count). The molecule has 0 aliphatic heterocycles. The molecule has 0 saturated carbocycles. The maximum atomic E-state index is 11.9. The predicted octanol–water partition coefficient (Wildman–Crippen LogP) is 4.52. The van der Waals surface area contributed by atoms with Gasteiger partial charge >= 0.3 is 0 Å². The first-order chi connectivity index (χ1) is 9.56. The summed E-state index contributed by atoms with van der Waals surface area (Å²) in [4.78, 5) is 11.9. The van der Waals surface area contributed by atoms with Gasteiger partial charge in [-0.1, -0.05) is 51.3 Å². The molecule has 2 aromatic carbocycles. The van der Waals surface area contributed by atoms with E-state index in [1.54, 1.807) is 18.3 Å². The fourth-order valence-electron chi connectivity index (χ4n) is 1.45. The Morgan fingerprint density at radius 2 is 1.85 bits per heavy atom. The van der Waals surface area contributed by atoms with Gasteiger partial charge in [0.05, 0.1) is 16.8 Å². The molecule has 0 fully saturated rings. The van der Waals surface area contributed by atoms with Crippen molar-refractivity contribution in [1.82, 2.24) is 5.43 Å². The SMILES string of the molecule is O=C(NN=Cc1ccc(Br)cc1)c1ccc(Cl)cc1Cl. The lowest BCUT2D eigenvalue weighted by molar-refractivity contribution is 0.0955. The van der Waals surface area contributed by atoms with Crippen molar-refractivity contribution < 1.29 is 4.79 Å². The molecular formula is C14H9BrCl2N2O. The zero-order chi connectivity index (χ0) is 14.5. The summed E-state index contributed by atoms with van der Waals surface area (Å²) >= 11 is 15.0. The Morgan fingerprint density at radius 3 is 2.50 bits per heavy atom. The monoisotopic (exact) mass is 370 g/mol. The van der Waals surface area contributed by atoms with Gasteiger partial charge < -0.3 is 0 Å². The molecule has 0 atom stereocenters. The molecule has 6 heteroatoms. The van der Waals surface area contributed by atoms with Gasteiger partial charge in [-0.05, 0) is 35.9 Å². The number of nitrogens with one attached hydrogen (secondary N) is 1. The van der Waals surface area contributed by atoms with Gasteiger partial charge in [0, 0.05) is 9.50 Å². The van der Waals surface area contributed by atoms with Crippen molar-refractivity contribution in [2.45, 2.75) is 0 Å². The van der Waals surface area contributed by atoms with Crippen molar-refractivity contribution in [3.63, 3.8) is 0 Å². The van der Waals surface area contributed by atoms with E-state index in [4.69, 9.17) is 23.2 Å². The third-order valence-electron chi connectivity index (χ3n) is 2.43. The Hall–Kier alpha value is -1.36. The summed E-state index contributed by atoms with van der Waals surface area (Å²) in [7, 11) is 0. The van der Waals surface area contributed by atoms with Gasteiger partial charge in [-0.2, -0.15) is 5.10 Å². The van der Waals surface area contributed by atoms with E-state index < -0.39 is 0 Å². The average molecular weight is 372 g/mol. The fourth-order valence-corrected chi connectivity index (χ4v) is 2.21. The van der Waals surface area contributed by atoms with Crippen molar-refractivity contribution in [2.24, 2.45) is 5.10 Å². The van der Waals surface area contributed by atoms with Crippen molar-refractivity contribution in [2.75, 3.05) is 0 Å². The molecule has 0 bridgehead atoms. The first-order valence-corrected chi connectivity index (χ1v) is 7.15. The highest BCUT2D eigenvalue weighted by molar-refractivity contribution is 9.10. The predicted molar refractivity (Wildman–Crippen MR) is 85.7 cm³/mol. The van der Waals surface area contributed by atoms with Gasteiger partial charge in [0.15, 0.2) is 0 Å². The highest BCUT2D eigenvalue weighted by Gasteiger charge is 2.09. The fraction of sp³-hybridized carbons (Fsp3) is 0. The van der Waals surface area contributed by atoms with Crippen LogP contribution in [0.5, 0.6) is 0 Å². The molecule has 0 radical (unpaired) electrons. The van der Waals surface area contributed by atoms with Crippen molar-refractivity contribution in [3.8, 4) is 0 Å². The molecule has 0 aliphatic carbocycles. The van der Waals surface area contributed by atoms with Crippen LogP contribution in [0.15, 0.2) is 52.0 Å². The minimum Gasteiger partial charge on any atom is -0.267 e. The van der Waals surface area contributed by atoms with Crippen LogP contribution < -0.4 is 5.43 Å². The Kier molecular flexibility index (Phi) is 5.17. The number of carbonyl (C=O) groups excluding carboxylic acids is 1. The maximum Gasteiger partial charge on any atom is 0.272 e. The molecule has 3 nitrogen and oxygen atoms in total. The largest absolute Gasteiger partial charge is 0.272 e. The summed E-state index contributed by atoms with van der Waals surface area (Å²) < 4.78 is 0.978. The van der Waals surface area contributed by atoms with E-state index in [0.29, 0.717) is 10.6 Å². The molecule has 2 aromatic rings. The van der Waals surface area contributed by atoms with Crippen LogP contribution in [0, 0.1) is 0 Å². The van der Waals surface area contributed by atoms with Gasteiger partial charge in [-0.25, -0.2) is 5.43 Å². The molecule has 0 heterocycles. The molecule has 0 unspecified atom stereocenters. The lowest BCUT2D eigenvalue weighted by Crippen LogP contribution is -2.18. The number of carbonyl (C=O) groups is 1. The third-order valence-corrected chi connectivity index (χ3v) is 3.50. The Labute approximate surface area is 134 Å². The van der Waals surface area contributed by atoms with Crippen LogP contribution in [0.4, 0.5) is 0 Å². The van der Waals surface area contributed by atoms with Gasteiger partial charge in [0.25, 0.3) is 5.91 Å². The van der Waals surface area contributed by atoms with Gasteiger partial charge in [-0.3, -0.25) is 4.79 Å². The van der Waals surface area contributed by atoms with Crippen LogP contribution in [0.2, 0.25) is 10.0 Å². The van der Waals surface area contributed by atoms with Gasteiger partial charge in [0.1, 0.15) is 0 Å². The topological polar surface area (TPSA) is 41.5 Å². The Balaban J connectivity index is 2.03. The van der Waals surface area contributed by atoms with Crippen LogP contribution in [0.3, 0.4) is 0 Å². The standard InChI is InChI=1S/C14H9BrCl2N2O/c15-10-3-1-9(2-4-10)8-18-19-14(20)12-6-5-11(16)7-13(12)17/h1-8H,(H,19,20). The van der Waals surface area contributed by atoms with Crippen molar-refractivity contribution in [3.05, 3.63) is 68.1 Å². The number of hydrogen-bond donors (Lipinski definition) is 1. The van der Waals surface area contributed by atoms with E-state index >= 15 is 0 Å². The first kappa shape index (κ1) is 15.0. The maximum absolute atomic E-state index is 11.9. The smallest absolute Gasteiger partial charge is 0.267 e. The Morgan fingerprint density at radius 1 is 1.15 bits per heavy atom. The number of benzene rings is 2. The summed E-state index contributed by atoms with van der Waals surface area (Å²) in [6.07, 6.45) is 1.55. The second-order valence-electron chi connectivity index (χ2n) is 3.87.